The molecule has 0 bridgehead atoms. The van der Waals surface area contributed by atoms with Crippen molar-refractivity contribution in [1.82, 2.24) is 5.32 Å². The van der Waals surface area contributed by atoms with Crippen LogP contribution in [-0.4, -0.2) is 34.0 Å². The molecule has 0 aromatic heterocycles. The number of carbonyl (C=O) groups excluding carboxylic acids is 1. The third kappa shape index (κ3) is 3.26. The Kier molecular flexibility index (Phi) is 4.29. The predicted octanol–water partition coefficient (Wildman–Crippen LogP) is 1.68. The SMILES string of the molecule is O=C(O)[C@@H]1CS[C@H](Cc2ccc(Br)cc2)C(=O)N1. The third-order valence-corrected chi connectivity index (χ3v) is 4.54. The van der Waals surface area contributed by atoms with E-state index in [4.69, 9.17) is 5.11 Å². The van der Waals surface area contributed by atoms with Crippen LogP contribution in [-0.2, 0) is 16.0 Å². The van der Waals surface area contributed by atoms with Crippen LogP contribution >= 0.6 is 27.7 Å². The van der Waals surface area contributed by atoms with E-state index >= 15 is 0 Å². The summed E-state index contributed by atoms with van der Waals surface area (Å²) in [6.45, 7) is 0. The fourth-order valence-corrected chi connectivity index (χ4v) is 3.16. The fraction of sp³-hybridized carbons (Fsp3) is 0.333. The Bertz CT molecular complexity index is 463. The summed E-state index contributed by atoms with van der Waals surface area (Å²) in [4.78, 5) is 22.5. The van der Waals surface area contributed by atoms with Gasteiger partial charge < -0.3 is 10.4 Å². The first-order chi connectivity index (χ1) is 8.56. The number of hydrogen-bond donors (Lipinski definition) is 2. The number of carboxylic acids is 1. The van der Waals surface area contributed by atoms with Crippen LogP contribution in [0.25, 0.3) is 0 Å². The number of benzene rings is 1. The maximum absolute atomic E-state index is 11.8. The molecule has 4 nitrogen and oxygen atoms in total. The lowest BCUT2D eigenvalue weighted by atomic mass is 10.1. The van der Waals surface area contributed by atoms with Crippen LogP contribution in [0, 0.1) is 0 Å². The summed E-state index contributed by atoms with van der Waals surface area (Å²) in [6, 6.07) is 7.02. The molecule has 96 valence electrons. The maximum Gasteiger partial charge on any atom is 0.327 e. The zero-order chi connectivity index (χ0) is 13.1. The largest absolute Gasteiger partial charge is 0.480 e. The van der Waals surface area contributed by atoms with Gasteiger partial charge in [-0.05, 0) is 24.1 Å². The second-order valence-corrected chi connectivity index (χ2v) is 6.20. The predicted molar refractivity (Wildman–Crippen MR) is 73.7 cm³/mol. The number of amides is 1. The fourth-order valence-electron chi connectivity index (χ4n) is 1.71. The Balaban J connectivity index is 1.97. The van der Waals surface area contributed by atoms with Crippen molar-refractivity contribution in [2.24, 2.45) is 0 Å². The molecule has 0 radical (unpaired) electrons. The van der Waals surface area contributed by atoms with Crippen LogP contribution in [0.5, 0.6) is 0 Å². The molecular weight excluding hydrogens is 318 g/mol. The minimum absolute atomic E-state index is 0.193. The summed E-state index contributed by atoms with van der Waals surface area (Å²) in [5.74, 6) is -0.748. The van der Waals surface area contributed by atoms with E-state index in [9.17, 15) is 9.59 Å². The van der Waals surface area contributed by atoms with Gasteiger partial charge in [0.25, 0.3) is 0 Å². The molecule has 0 unspecified atom stereocenters. The number of hydrogen-bond acceptors (Lipinski definition) is 3. The Hall–Kier alpha value is -1.01. The molecule has 2 atom stereocenters. The van der Waals surface area contributed by atoms with Crippen LogP contribution in [0.2, 0.25) is 0 Å². The third-order valence-electron chi connectivity index (χ3n) is 2.71. The van der Waals surface area contributed by atoms with Gasteiger partial charge in [0.15, 0.2) is 0 Å². The normalized spacial score (nSPS) is 23.5. The van der Waals surface area contributed by atoms with E-state index in [1.54, 1.807) is 0 Å². The molecule has 1 fully saturated rings. The monoisotopic (exact) mass is 329 g/mol. The van der Waals surface area contributed by atoms with E-state index in [1.807, 2.05) is 24.3 Å². The van der Waals surface area contributed by atoms with Crippen molar-refractivity contribution in [3.8, 4) is 0 Å². The van der Waals surface area contributed by atoms with E-state index < -0.39 is 12.0 Å². The number of nitrogens with one attached hydrogen (secondary N) is 1. The lowest BCUT2D eigenvalue weighted by molar-refractivity contribution is -0.141. The van der Waals surface area contributed by atoms with E-state index in [0.29, 0.717) is 12.2 Å². The topological polar surface area (TPSA) is 66.4 Å². The lowest BCUT2D eigenvalue weighted by Crippen LogP contribution is -2.51. The van der Waals surface area contributed by atoms with Crippen molar-refractivity contribution in [1.29, 1.82) is 0 Å². The van der Waals surface area contributed by atoms with E-state index in [2.05, 4.69) is 21.2 Å². The van der Waals surface area contributed by atoms with Crippen molar-refractivity contribution in [3.63, 3.8) is 0 Å². The molecule has 1 aromatic rings. The van der Waals surface area contributed by atoms with Crippen molar-refractivity contribution < 1.29 is 14.7 Å². The lowest BCUT2D eigenvalue weighted by Gasteiger charge is -2.26. The van der Waals surface area contributed by atoms with Gasteiger partial charge >= 0.3 is 5.97 Å². The smallest absolute Gasteiger partial charge is 0.327 e. The second kappa shape index (κ2) is 5.75. The maximum atomic E-state index is 11.8. The summed E-state index contributed by atoms with van der Waals surface area (Å²) in [6.07, 6.45) is 0.621. The van der Waals surface area contributed by atoms with Gasteiger partial charge in [-0.15, -0.1) is 11.8 Å². The molecule has 0 spiro atoms. The van der Waals surface area contributed by atoms with E-state index in [-0.39, 0.29) is 11.2 Å². The van der Waals surface area contributed by atoms with Crippen LogP contribution in [0.4, 0.5) is 0 Å². The zero-order valence-corrected chi connectivity index (χ0v) is 11.8. The highest BCUT2D eigenvalue weighted by molar-refractivity contribution is 9.10. The molecular formula is C12H12BrNO3S. The van der Waals surface area contributed by atoms with E-state index in [1.165, 1.54) is 11.8 Å². The average molecular weight is 330 g/mol. The molecule has 6 heteroatoms. The first kappa shape index (κ1) is 13.4. The summed E-state index contributed by atoms with van der Waals surface area (Å²) in [5, 5.41) is 11.2. The van der Waals surface area contributed by atoms with Crippen molar-refractivity contribution in [3.05, 3.63) is 34.3 Å². The molecule has 1 amide bonds. The Morgan fingerprint density at radius 1 is 1.44 bits per heavy atom. The summed E-state index contributed by atoms with van der Waals surface area (Å²) < 4.78 is 0.998. The number of carbonyl (C=O) groups is 2. The Morgan fingerprint density at radius 3 is 2.67 bits per heavy atom. The first-order valence-electron chi connectivity index (χ1n) is 5.45. The molecule has 18 heavy (non-hydrogen) atoms. The van der Waals surface area contributed by atoms with Crippen molar-refractivity contribution in [2.45, 2.75) is 17.7 Å². The molecule has 1 saturated heterocycles. The summed E-state index contributed by atoms with van der Waals surface area (Å²) >= 11 is 4.76. The van der Waals surface area contributed by atoms with Crippen LogP contribution < -0.4 is 5.32 Å². The van der Waals surface area contributed by atoms with Gasteiger partial charge in [-0.25, -0.2) is 4.79 Å². The van der Waals surface area contributed by atoms with Gasteiger partial charge in [0.2, 0.25) is 5.91 Å². The molecule has 2 rings (SSSR count). The molecule has 1 aromatic carbocycles. The van der Waals surface area contributed by atoms with Crippen LogP contribution in [0.1, 0.15) is 5.56 Å². The number of aliphatic carboxylic acids is 1. The molecule has 1 aliphatic rings. The van der Waals surface area contributed by atoms with Gasteiger partial charge in [-0.3, -0.25) is 4.79 Å². The van der Waals surface area contributed by atoms with Gasteiger partial charge in [-0.1, -0.05) is 28.1 Å². The summed E-state index contributed by atoms with van der Waals surface area (Å²) in [5.41, 5.74) is 1.07. The molecule has 0 aliphatic carbocycles. The zero-order valence-electron chi connectivity index (χ0n) is 9.43. The van der Waals surface area contributed by atoms with Gasteiger partial charge in [0.05, 0.1) is 5.25 Å². The number of halogens is 1. The molecule has 1 heterocycles. The van der Waals surface area contributed by atoms with Gasteiger partial charge in [0.1, 0.15) is 6.04 Å². The molecule has 1 aliphatic heterocycles. The van der Waals surface area contributed by atoms with E-state index in [0.717, 1.165) is 10.0 Å². The minimum Gasteiger partial charge on any atom is -0.480 e. The quantitative estimate of drug-likeness (QED) is 0.885. The highest BCUT2D eigenvalue weighted by atomic mass is 79.9. The number of thioether (sulfide) groups is 1. The number of carboxylic acid groups (broad SMARTS) is 1. The van der Waals surface area contributed by atoms with Crippen molar-refractivity contribution in [2.75, 3.05) is 5.75 Å². The Morgan fingerprint density at radius 2 is 2.11 bits per heavy atom. The molecule has 2 N–H and O–H groups in total. The standard InChI is InChI=1S/C12H12BrNO3S/c13-8-3-1-7(2-4-8)5-10-11(15)14-9(6-18-10)12(16)17/h1-4,9-10H,5-6H2,(H,14,15)(H,16,17)/t9-,10+/m0/s1. The van der Waals surface area contributed by atoms with Crippen LogP contribution in [0.3, 0.4) is 0 Å². The Labute approximate surface area is 117 Å². The van der Waals surface area contributed by atoms with Gasteiger partial charge in [-0.2, -0.15) is 0 Å². The van der Waals surface area contributed by atoms with Crippen LogP contribution in [0.15, 0.2) is 28.7 Å². The highest BCUT2D eigenvalue weighted by Gasteiger charge is 2.32. The summed E-state index contributed by atoms with van der Waals surface area (Å²) in [7, 11) is 0. The minimum atomic E-state index is -0.974. The van der Waals surface area contributed by atoms with Gasteiger partial charge in [0, 0.05) is 10.2 Å². The molecule has 0 saturated carbocycles. The highest BCUT2D eigenvalue weighted by Crippen LogP contribution is 2.22. The number of rotatable bonds is 3. The average Bonchev–Trinajstić information content (AvgIpc) is 2.34. The second-order valence-electron chi connectivity index (χ2n) is 4.05. The van der Waals surface area contributed by atoms with Crippen molar-refractivity contribution >= 4 is 39.6 Å². The first-order valence-corrected chi connectivity index (χ1v) is 7.29.